The Morgan fingerprint density at radius 3 is 1.58 bits per heavy atom. The Kier molecular flexibility index (Phi) is 39.9. The van der Waals surface area contributed by atoms with E-state index in [2.05, 4.69) is 56.5 Å². The number of carbonyl (C=O) groups is 2. The molecule has 0 aromatic rings. The molecule has 0 heterocycles. The van der Waals surface area contributed by atoms with Gasteiger partial charge < -0.3 is 20.3 Å². The van der Waals surface area contributed by atoms with Crippen LogP contribution in [0.4, 0.5) is 0 Å². The Hall–Kier alpha value is -2.96. The van der Waals surface area contributed by atoms with Gasteiger partial charge in [0.05, 0.1) is 25.2 Å². The number of hydrogen-bond acceptors (Lipinski definition) is 5. The monoisotopic (exact) mass is 766 g/mol. The molecule has 0 aromatic carbocycles. The normalized spacial score (nSPS) is 14.2. The summed E-state index contributed by atoms with van der Waals surface area (Å²) in [7, 11) is 0. The van der Waals surface area contributed by atoms with Crippen LogP contribution in [0, 0.1) is 0 Å². The number of nitrogens with one attached hydrogen (secondary N) is 1. The maximum absolute atomic E-state index is 13.1. The van der Waals surface area contributed by atoms with E-state index in [-0.39, 0.29) is 24.9 Å². The first kappa shape index (κ1) is 52.0. The lowest BCUT2D eigenvalue weighted by Gasteiger charge is -2.24. The van der Waals surface area contributed by atoms with Gasteiger partial charge in [-0.1, -0.05) is 189 Å². The zero-order valence-corrected chi connectivity index (χ0v) is 35.5. The average Bonchev–Trinajstić information content (AvgIpc) is 3.18. The molecule has 0 rings (SSSR count). The first-order chi connectivity index (χ1) is 27.0. The molecule has 6 heteroatoms. The number of hydrogen-bond donors (Lipinski definition) is 3. The van der Waals surface area contributed by atoms with E-state index in [1.54, 1.807) is 0 Å². The molecule has 0 aromatic heterocycles. The Bertz CT molecular complexity index is 1080. The van der Waals surface area contributed by atoms with E-state index in [1.807, 2.05) is 54.7 Å². The van der Waals surface area contributed by atoms with Gasteiger partial charge >= 0.3 is 5.97 Å². The van der Waals surface area contributed by atoms with Gasteiger partial charge in [-0.05, 0) is 70.6 Å². The first-order valence-electron chi connectivity index (χ1n) is 22.4. The van der Waals surface area contributed by atoms with E-state index in [0.717, 1.165) is 83.5 Å². The maximum Gasteiger partial charge on any atom is 0.306 e. The predicted octanol–water partition coefficient (Wildman–Crippen LogP) is 12.8. The highest BCUT2D eigenvalue weighted by Gasteiger charge is 2.24. The molecule has 314 valence electrons. The van der Waals surface area contributed by atoms with Crippen molar-refractivity contribution >= 4 is 11.9 Å². The van der Waals surface area contributed by atoms with Crippen molar-refractivity contribution in [2.24, 2.45) is 0 Å². The summed E-state index contributed by atoms with van der Waals surface area (Å²) in [4.78, 5) is 25.9. The van der Waals surface area contributed by atoms with Crippen molar-refractivity contribution in [3.63, 3.8) is 0 Å². The lowest BCUT2D eigenvalue weighted by molar-refractivity contribution is -0.151. The number of aliphatic hydroxyl groups is 2. The highest BCUT2D eigenvalue weighted by Crippen LogP contribution is 2.16. The molecule has 1 amide bonds. The Balaban J connectivity index is 4.69. The minimum Gasteiger partial charge on any atom is -0.462 e. The number of esters is 1. The minimum atomic E-state index is -0.801. The van der Waals surface area contributed by atoms with Crippen molar-refractivity contribution < 1.29 is 24.5 Å². The maximum atomic E-state index is 13.1. The smallest absolute Gasteiger partial charge is 0.306 e. The van der Waals surface area contributed by atoms with Crippen molar-refractivity contribution in [1.82, 2.24) is 5.32 Å². The number of rotatable bonds is 38. The summed E-state index contributed by atoms with van der Waals surface area (Å²) in [6.45, 7) is 6.25. The van der Waals surface area contributed by atoms with E-state index < -0.39 is 18.2 Å². The fraction of sp³-hybridized carbons (Fsp3) is 0.673. The minimum absolute atomic E-state index is 0.0435. The summed E-state index contributed by atoms with van der Waals surface area (Å²) in [6.07, 6.45) is 53.5. The molecule has 0 bridgehead atoms. The number of allylic oxidation sites excluding steroid dienone is 14. The van der Waals surface area contributed by atoms with Crippen LogP contribution in [0.25, 0.3) is 0 Å². The Morgan fingerprint density at radius 1 is 0.545 bits per heavy atom. The number of ether oxygens (including phenoxy) is 1. The van der Waals surface area contributed by atoms with Crippen LogP contribution in [0.2, 0.25) is 0 Å². The largest absolute Gasteiger partial charge is 0.462 e. The zero-order valence-electron chi connectivity index (χ0n) is 35.5. The quantitative estimate of drug-likeness (QED) is 0.0252. The highest BCUT2D eigenvalue weighted by molar-refractivity contribution is 5.77. The van der Waals surface area contributed by atoms with Crippen molar-refractivity contribution in [1.29, 1.82) is 0 Å². The fourth-order valence-electron chi connectivity index (χ4n) is 6.22. The summed E-state index contributed by atoms with van der Waals surface area (Å²) in [5, 5.41) is 23.5. The molecule has 6 nitrogen and oxygen atoms in total. The summed E-state index contributed by atoms with van der Waals surface area (Å²) >= 11 is 0. The average molecular weight is 766 g/mol. The molecule has 0 saturated carbocycles. The van der Waals surface area contributed by atoms with Crippen LogP contribution < -0.4 is 5.32 Å². The van der Waals surface area contributed by atoms with Crippen LogP contribution in [0.5, 0.6) is 0 Å². The van der Waals surface area contributed by atoms with Gasteiger partial charge in [0.15, 0.2) is 0 Å². The topological polar surface area (TPSA) is 95.9 Å². The molecule has 55 heavy (non-hydrogen) atoms. The lowest BCUT2D eigenvalue weighted by atomic mass is 10.0. The second kappa shape index (κ2) is 42.2. The summed E-state index contributed by atoms with van der Waals surface area (Å²) in [5.41, 5.74) is 0. The third kappa shape index (κ3) is 37.7. The third-order valence-corrected chi connectivity index (χ3v) is 9.62. The van der Waals surface area contributed by atoms with E-state index in [0.29, 0.717) is 19.3 Å². The fourth-order valence-corrected chi connectivity index (χ4v) is 6.22. The summed E-state index contributed by atoms with van der Waals surface area (Å²) < 4.78 is 5.86. The second-order valence-electron chi connectivity index (χ2n) is 14.9. The molecular formula is C49H83NO5. The molecule has 0 aliphatic rings. The first-order valence-corrected chi connectivity index (χ1v) is 22.4. The molecule has 0 fully saturated rings. The summed E-state index contributed by atoms with van der Waals surface area (Å²) in [6, 6.07) is -0.717. The van der Waals surface area contributed by atoms with E-state index in [4.69, 9.17) is 4.74 Å². The van der Waals surface area contributed by atoms with Gasteiger partial charge in [0.2, 0.25) is 5.91 Å². The number of amides is 1. The molecule has 3 atom stereocenters. The molecule has 0 aliphatic carbocycles. The van der Waals surface area contributed by atoms with Gasteiger partial charge in [-0.15, -0.1) is 0 Å². The van der Waals surface area contributed by atoms with Crippen LogP contribution in [-0.2, 0) is 14.3 Å². The molecule has 3 N–H and O–H groups in total. The number of aliphatic hydroxyl groups excluding tert-OH is 2. The van der Waals surface area contributed by atoms with Crippen molar-refractivity contribution in [3.8, 4) is 0 Å². The van der Waals surface area contributed by atoms with Gasteiger partial charge in [0.1, 0.15) is 6.10 Å². The Labute approximate surface area is 338 Å². The van der Waals surface area contributed by atoms with Crippen molar-refractivity contribution in [2.75, 3.05) is 6.61 Å². The van der Waals surface area contributed by atoms with E-state index in [1.165, 1.54) is 57.8 Å². The molecule has 0 aliphatic heterocycles. The number of carbonyl (C=O) groups excluding carboxylic acids is 2. The van der Waals surface area contributed by atoms with E-state index in [9.17, 15) is 19.8 Å². The molecular weight excluding hydrogens is 683 g/mol. The Morgan fingerprint density at radius 2 is 1.00 bits per heavy atom. The van der Waals surface area contributed by atoms with Gasteiger partial charge in [-0.2, -0.15) is 0 Å². The summed E-state index contributed by atoms with van der Waals surface area (Å²) in [5.74, 6) is -0.553. The lowest BCUT2D eigenvalue weighted by Crippen LogP contribution is -2.46. The van der Waals surface area contributed by atoms with Crippen LogP contribution in [0.3, 0.4) is 0 Å². The van der Waals surface area contributed by atoms with Crippen LogP contribution in [0.1, 0.15) is 188 Å². The molecule has 0 radical (unpaired) electrons. The van der Waals surface area contributed by atoms with Gasteiger partial charge in [-0.25, -0.2) is 0 Å². The standard InChI is InChI=1S/C49H83NO5/c1-4-7-10-13-16-19-21-22-23-24-25-26-27-30-33-36-39-42-49(54)55-45(40-37-34-31-29-20-17-14-11-8-5-2)43-48(53)50-46(44-51)47(52)41-38-35-32-28-18-15-12-9-6-3/h7,10,13,16-17,19-27,45-47,51-52H,4-6,8-9,11-12,14-15,18,28-44H2,1-3H3,(H,50,53)/b10-7-,16-13+,20-17-,21-19+,23-22-,25-24+,27-26+. The molecule has 0 spiro atoms. The van der Waals surface area contributed by atoms with E-state index >= 15 is 0 Å². The SMILES string of the molecule is CC\C=C/C=C/C=C/C=C\C=C\C=C\CCCCCC(=O)OC(CCCCC/C=C\CCCCC)CC(=O)NC(CO)C(O)CCCCCCCCCCC. The van der Waals surface area contributed by atoms with Crippen molar-refractivity contribution in [2.45, 2.75) is 206 Å². The third-order valence-electron chi connectivity index (χ3n) is 9.62. The molecule has 0 saturated heterocycles. The molecule has 3 unspecified atom stereocenters. The van der Waals surface area contributed by atoms with Crippen molar-refractivity contribution in [3.05, 3.63) is 85.1 Å². The van der Waals surface area contributed by atoms with Gasteiger partial charge in [0.25, 0.3) is 0 Å². The van der Waals surface area contributed by atoms with Gasteiger partial charge in [-0.3, -0.25) is 9.59 Å². The van der Waals surface area contributed by atoms with Crippen LogP contribution in [-0.4, -0.2) is 46.9 Å². The second-order valence-corrected chi connectivity index (χ2v) is 14.9. The van der Waals surface area contributed by atoms with Gasteiger partial charge in [0, 0.05) is 6.42 Å². The van der Waals surface area contributed by atoms with Crippen LogP contribution in [0.15, 0.2) is 85.1 Å². The zero-order chi connectivity index (χ0) is 40.3. The van der Waals surface area contributed by atoms with Crippen LogP contribution >= 0.6 is 0 Å². The predicted molar refractivity (Wildman–Crippen MR) is 236 cm³/mol. The highest BCUT2D eigenvalue weighted by atomic mass is 16.5. The number of unbranched alkanes of at least 4 members (excludes halogenated alkanes) is 17.